The minimum Gasteiger partial charge on any atom is -0.550 e. The van der Waals surface area contributed by atoms with E-state index in [4.69, 9.17) is 0 Å². The van der Waals surface area contributed by atoms with Gasteiger partial charge in [0.1, 0.15) is 0 Å². The second-order valence-electron chi connectivity index (χ2n) is 21.1. The zero-order valence-electron chi connectivity index (χ0n) is 45.6. The summed E-state index contributed by atoms with van der Waals surface area (Å²) in [5, 5.41) is 59.9. The van der Waals surface area contributed by atoms with Crippen molar-refractivity contribution < 1.29 is 76.8 Å². The topological polar surface area (TPSA) is 241 Å². The van der Waals surface area contributed by atoms with Crippen LogP contribution in [-0.4, -0.2) is 62.0 Å². The van der Waals surface area contributed by atoms with E-state index in [1.54, 1.807) is 0 Å². The number of carbonyl (C=O) groups excluding carboxylic acids is 6. The van der Waals surface area contributed by atoms with E-state index in [2.05, 4.69) is 83.1 Å². The molecule has 0 saturated carbocycles. The average molecular weight is 1200 g/mol. The molecule has 0 aromatic heterocycles. The molecular weight excluding hydrogens is 1100 g/mol. The van der Waals surface area contributed by atoms with Crippen LogP contribution in [0.2, 0.25) is 0 Å². The summed E-state index contributed by atoms with van der Waals surface area (Å²) in [6, 6.07) is 0. The first kappa shape index (κ1) is 83.1. The third-order valence-corrected chi connectivity index (χ3v) is 9.88. The molecule has 0 heterocycles. The van der Waals surface area contributed by atoms with Gasteiger partial charge in [0.25, 0.3) is 0 Å². The number of carboxylic acid groups (broad SMARTS) is 6. The maximum atomic E-state index is 10.0. The Bertz CT molecular complexity index is 991. The van der Waals surface area contributed by atoms with Gasteiger partial charge in [-0.05, 0) is 113 Å². The summed E-state index contributed by atoms with van der Waals surface area (Å²) < 4.78 is 0. The Labute approximate surface area is 447 Å². The van der Waals surface area contributed by atoms with Crippen molar-refractivity contribution in [1.82, 2.24) is 0 Å². The van der Waals surface area contributed by atoms with E-state index < -0.39 is 35.8 Å². The van der Waals surface area contributed by atoms with Crippen LogP contribution in [0.25, 0.3) is 0 Å². The molecule has 0 N–H and O–H groups in total. The number of carboxylic acids is 6. The van der Waals surface area contributed by atoms with Crippen LogP contribution in [-0.2, 0) is 46.1 Å². The van der Waals surface area contributed by atoms with E-state index >= 15 is 0 Å². The van der Waals surface area contributed by atoms with Gasteiger partial charge in [0.2, 0.25) is 0 Å². The van der Waals surface area contributed by atoms with Gasteiger partial charge in [0.05, 0.1) is 0 Å². The quantitative estimate of drug-likeness (QED) is 0.0447. The molecule has 68 heavy (non-hydrogen) atoms. The summed E-state index contributed by atoms with van der Waals surface area (Å²) in [6.07, 6.45) is 29.6. The van der Waals surface area contributed by atoms with Crippen LogP contribution in [0.15, 0.2) is 0 Å². The third kappa shape index (κ3) is 120. The number of aliphatic carboxylic acids is 6. The van der Waals surface area contributed by atoms with Crippen molar-refractivity contribution in [3.05, 3.63) is 0 Å². The first-order valence-electron chi connectivity index (χ1n) is 25.8. The standard InChI is InChI=1S/3C10H20O2.3C8H16O2.Bi.Cr/c3*1-10(2,3)8-6-4-5-7-9(11)12;3*1-2-3-4-5-6-7-8(9)10;;/h3*4-8H2,1-3H3,(H,11,12);3*2-7H2,1H3,(H,9,10);;/q;;;;;;2*+3/p-6. The Morgan fingerprint density at radius 3 is 0.515 bits per heavy atom. The Kier molecular flexibility index (Phi) is 72.8. The molecular formula is C54H102BiCrO12. The molecule has 0 fully saturated rings. The Hall–Kier alpha value is -1.76. The number of hydrogen-bond acceptors (Lipinski definition) is 12. The van der Waals surface area contributed by atoms with Gasteiger partial charge in [0.15, 0.2) is 0 Å². The maximum absolute atomic E-state index is 10.0. The summed E-state index contributed by atoms with van der Waals surface area (Å²) in [5.74, 6) is -5.54. The molecule has 0 aromatic rings. The number of unbranched alkanes of at least 4 members (excludes halogenated alkanes) is 18. The fourth-order valence-electron chi connectivity index (χ4n) is 5.92. The van der Waals surface area contributed by atoms with Gasteiger partial charge in [-0.2, -0.15) is 0 Å². The largest absolute Gasteiger partial charge is 3.00 e. The summed E-state index contributed by atoms with van der Waals surface area (Å²) in [6.45, 7) is 26.2. The van der Waals surface area contributed by atoms with Crippen molar-refractivity contribution in [3.8, 4) is 0 Å². The molecule has 0 unspecified atom stereocenters. The molecule has 14 heteroatoms. The van der Waals surface area contributed by atoms with Gasteiger partial charge in [-0.3, -0.25) is 0 Å². The fraction of sp³-hybridized carbons (Fsp3) is 0.889. The maximum Gasteiger partial charge on any atom is 3.00 e. The van der Waals surface area contributed by atoms with Crippen LogP contribution in [0, 0.1) is 16.2 Å². The first-order chi connectivity index (χ1) is 30.6. The minimum atomic E-state index is -0.925. The second-order valence-corrected chi connectivity index (χ2v) is 21.1. The van der Waals surface area contributed by atoms with Gasteiger partial charge in [-0.25, -0.2) is 0 Å². The zero-order chi connectivity index (χ0) is 52.3. The average Bonchev–Trinajstić information content (AvgIpc) is 3.16. The molecule has 0 spiro atoms. The van der Waals surface area contributed by atoms with Crippen molar-refractivity contribution in [1.29, 1.82) is 0 Å². The molecule has 0 bridgehead atoms. The summed E-state index contributed by atoms with van der Waals surface area (Å²) >= 11 is 0. The molecule has 12 nitrogen and oxygen atoms in total. The summed E-state index contributed by atoms with van der Waals surface area (Å²) in [5.41, 5.74) is 1.13. The monoisotopic (exact) mass is 1200 g/mol. The van der Waals surface area contributed by atoms with Crippen LogP contribution in [0.3, 0.4) is 0 Å². The van der Waals surface area contributed by atoms with Crippen molar-refractivity contribution in [3.63, 3.8) is 0 Å². The van der Waals surface area contributed by atoms with E-state index in [-0.39, 0.29) is 82.1 Å². The number of rotatable bonds is 33. The van der Waals surface area contributed by atoms with E-state index in [1.807, 2.05) is 0 Å². The molecule has 401 valence electrons. The van der Waals surface area contributed by atoms with Gasteiger partial charge in [-0.1, -0.05) is 199 Å². The van der Waals surface area contributed by atoms with Crippen molar-refractivity contribution in [2.24, 2.45) is 16.2 Å². The summed E-state index contributed by atoms with van der Waals surface area (Å²) in [4.78, 5) is 59.9. The fourth-order valence-corrected chi connectivity index (χ4v) is 5.92. The van der Waals surface area contributed by atoms with Crippen LogP contribution < -0.4 is 30.6 Å². The molecule has 0 aromatic carbocycles. The van der Waals surface area contributed by atoms with Crippen LogP contribution in [0.4, 0.5) is 0 Å². The zero-order valence-corrected chi connectivity index (χ0v) is 50.3. The molecule has 0 amide bonds. The predicted octanol–water partition coefficient (Wildman–Crippen LogP) is 8.11. The molecule has 0 aliphatic heterocycles. The van der Waals surface area contributed by atoms with Crippen molar-refractivity contribution in [2.45, 2.75) is 295 Å². The van der Waals surface area contributed by atoms with Gasteiger partial charge in [0, 0.05) is 35.8 Å². The molecule has 0 atom stereocenters. The number of hydrogen-bond donors (Lipinski definition) is 0. The molecule has 3 radical (unpaired) electrons. The summed E-state index contributed by atoms with van der Waals surface area (Å²) in [7, 11) is 0. The van der Waals surface area contributed by atoms with E-state index in [0.29, 0.717) is 16.2 Å². The van der Waals surface area contributed by atoms with Crippen molar-refractivity contribution >= 4 is 62.0 Å². The first-order valence-corrected chi connectivity index (χ1v) is 25.8. The predicted molar refractivity (Wildman–Crippen MR) is 264 cm³/mol. The Morgan fingerprint density at radius 2 is 0.397 bits per heavy atom. The minimum absolute atomic E-state index is 0. The second kappa shape index (κ2) is 59.5. The van der Waals surface area contributed by atoms with E-state index in [9.17, 15) is 59.4 Å². The van der Waals surface area contributed by atoms with Crippen LogP contribution in [0.5, 0.6) is 0 Å². The van der Waals surface area contributed by atoms with Crippen LogP contribution in [0.1, 0.15) is 295 Å². The number of carbonyl (C=O) groups is 6. The molecule has 0 aliphatic rings. The molecule has 0 saturated heterocycles. The SMILES string of the molecule is CC(C)(C)CCCCCC(=O)[O-].CC(C)(C)CCCCCC(=O)[O-].CC(C)(C)CCCCCC(=O)[O-].CCCCCCCC(=O)[O-].CCCCCCCC(=O)[O-].CCCCCCCC(=O)[O-].[Bi+3].[Cr+3]. The van der Waals surface area contributed by atoms with Gasteiger partial charge >= 0.3 is 43.6 Å². The van der Waals surface area contributed by atoms with E-state index in [0.717, 1.165) is 116 Å². The van der Waals surface area contributed by atoms with Gasteiger partial charge in [-0.15, -0.1) is 0 Å². The smallest absolute Gasteiger partial charge is 0.550 e. The Balaban J connectivity index is -0.000000105. The van der Waals surface area contributed by atoms with E-state index in [1.165, 1.54) is 57.8 Å². The Morgan fingerprint density at radius 1 is 0.265 bits per heavy atom. The third-order valence-electron chi connectivity index (χ3n) is 9.88. The van der Waals surface area contributed by atoms with Gasteiger partial charge < -0.3 is 59.4 Å². The molecule has 0 aliphatic carbocycles. The van der Waals surface area contributed by atoms with Crippen LogP contribution >= 0.6 is 0 Å². The normalized spacial score (nSPS) is 10.4. The van der Waals surface area contributed by atoms with Crippen molar-refractivity contribution in [2.75, 3.05) is 0 Å². The molecule has 0 rings (SSSR count).